The molecule has 1 atom stereocenters. The second-order valence-corrected chi connectivity index (χ2v) is 7.09. The monoisotopic (exact) mass is 356 g/mol. The minimum Gasteiger partial charge on any atom is -0.348 e. The van der Waals surface area contributed by atoms with Gasteiger partial charge < -0.3 is 5.73 Å². The standard InChI is InChI=1S/C14H15Cl2N5S/c1-7(2)12(17)13-18-19-14-21(13)20-11(6-22-14)9-4-3-8(15)5-10(9)16/h3-7,12,20H,17H2,1-2H3/p+1/t12-/m0/s1. The van der Waals surface area contributed by atoms with Crippen LogP contribution >= 0.6 is 35.0 Å². The van der Waals surface area contributed by atoms with Gasteiger partial charge in [-0.1, -0.05) is 48.8 Å². The Bertz CT molecular complexity index is 741. The van der Waals surface area contributed by atoms with Crippen molar-refractivity contribution in [2.75, 3.05) is 5.43 Å². The van der Waals surface area contributed by atoms with Crippen LogP contribution in [0.2, 0.25) is 10.0 Å². The van der Waals surface area contributed by atoms with E-state index in [-0.39, 0.29) is 6.04 Å². The number of halogens is 2. The molecule has 116 valence electrons. The predicted molar refractivity (Wildman–Crippen MR) is 90.1 cm³/mol. The smallest absolute Gasteiger partial charge is 0.214 e. The van der Waals surface area contributed by atoms with E-state index in [4.69, 9.17) is 23.2 Å². The van der Waals surface area contributed by atoms with Gasteiger partial charge in [0.15, 0.2) is 0 Å². The van der Waals surface area contributed by atoms with Crippen molar-refractivity contribution >= 4 is 40.7 Å². The lowest BCUT2D eigenvalue weighted by atomic mass is 10.1. The molecule has 0 bridgehead atoms. The first-order chi connectivity index (χ1) is 10.5. The zero-order valence-electron chi connectivity index (χ0n) is 12.2. The SMILES string of the molecule is CC(C)[C@H]([NH3+])c1nnc2n1NC(c1ccc(Cl)cc1Cl)=CS2. The van der Waals surface area contributed by atoms with Crippen molar-refractivity contribution in [1.29, 1.82) is 0 Å². The average molecular weight is 357 g/mol. The molecule has 1 aromatic carbocycles. The van der Waals surface area contributed by atoms with Gasteiger partial charge in [0, 0.05) is 21.9 Å². The van der Waals surface area contributed by atoms with Crippen LogP contribution in [0.4, 0.5) is 0 Å². The maximum Gasteiger partial charge on any atom is 0.214 e. The summed E-state index contributed by atoms with van der Waals surface area (Å²) in [4.78, 5) is 0. The minimum absolute atomic E-state index is 0.0504. The largest absolute Gasteiger partial charge is 0.348 e. The van der Waals surface area contributed by atoms with Crippen LogP contribution in [-0.2, 0) is 0 Å². The lowest BCUT2D eigenvalue weighted by molar-refractivity contribution is -0.440. The lowest BCUT2D eigenvalue weighted by Crippen LogP contribution is -2.57. The number of fused-ring (bicyclic) bond motifs is 1. The van der Waals surface area contributed by atoms with Crippen LogP contribution in [0.5, 0.6) is 0 Å². The first-order valence-electron chi connectivity index (χ1n) is 6.85. The van der Waals surface area contributed by atoms with E-state index in [9.17, 15) is 0 Å². The second-order valence-electron chi connectivity index (χ2n) is 5.41. The highest BCUT2D eigenvalue weighted by atomic mass is 35.5. The quantitative estimate of drug-likeness (QED) is 0.885. The van der Waals surface area contributed by atoms with Gasteiger partial charge >= 0.3 is 0 Å². The van der Waals surface area contributed by atoms with Gasteiger partial charge in [0.1, 0.15) is 6.04 Å². The maximum absolute atomic E-state index is 6.29. The first-order valence-corrected chi connectivity index (χ1v) is 8.48. The van der Waals surface area contributed by atoms with Crippen LogP contribution in [-0.4, -0.2) is 14.9 Å². The normalized spacial score (nSPS) is 15.3. The second kappa shape index (κ2) is 6.12. The molecule has 5 nitrogen and oxygen atoms in total. The van der Waals surface area contributed by atoms with Crippen molar-refractivity contribution in [3.63, 3.8) is 0 Å². The third kappa shape index (κ3) is 2.84. The van der Waals surface area contributed by atoms with E-state index < -0.39 is 0 Å². The fraction of sp³-hybridized carbons (Fsp3) is 0.286. The summed E-state index contributed by atoms with van der Waals surface area (Å²) in [6, 6.07) is 5.49. The Hall–Kier alpha value is -1.21. The summed E-state index contributed by atoms with van der Waals surface area (Å²) in [5.41, 5.74) is 9.27. The molecular formula is C14H16Cl2N5S+. The molecule has 0 spiro atoms. The third-order valence-corrected chi connectivity index (χ3v) is 4.91. The van der Waals surface area contributed by atoms with Crippen LogP contribution in [0.1, 0.15) is 31.3 Å². The number of rotatable bonds is 3. The van der Waals surface area contributed by atoms with E-state index in [0.29, 0.717) is 16.0 Å². The van der Waals surface area contributed by atoms with Gasteiger partial charge in [-0.2, -0.15) is 0 Å². The van der Waals surface area contributed by atoms with Gasteiger partial charge in [-0.3, -0.25) is 5.43 Å². The molecule has 1 aliphatic rings. The molecule has 2 aromatic rings. The molecule has 2 heterocycles. The van der Waals surface area contributed by atoms with Crippen molar-refractivity contribution < 1.29 is 5.73 Å². The zero-order valence-corrected chi connectivity index (χ0v) is 14.5. The lowest BCUT2D eigenvalue weighted by Gasteiger charge is -2.21. The summed E-state index contributed by atoms with van der Waals surface area (Å²) in [6.45, 7) is 4.23. The van der Waals surface area contributed by atoms with E-state index in [1.807, 2.05) is 22.2 Å². The molecule has 0 radical (unpaired) electrons. The number of hydrogen-bond donors (Lipinski definition) is 2. The van der Waals surface area contributed by atoms with Gasteiger partial charge in [0.2, 0.25) is 11.0 Å². The fourth-order valence-corrected chi connectivity index (χ4v) is 3.34. The van der Waals surface area contributed by atoms with Crippen LogP contribution in [0.25, 0.3) is 5.70 Å². The van der Waals surface area contributed by atoms with Crippen LogP contribution in [0, 0.1) is 5.92 Å². The van der Waals surface area contributed by atoms with Crippen LogP contribution in [0.15, 0.2) is 28.8 Å². The Morgan fingerprint density at radius 2 is 2.05 bits per heavy atom. The average Bonchev–Trinajstić information content (AvgIpc) is 2.89. The summed E-state index contributed by atoms with van der Waals surface area (Å²) in [7, 11) is 0. The molecule has 0 unspecified atom stereocenters. The van der Waals surface area contributed by atoms with Gasteiger partial charge in [-0.25, -0.2) is 4.68 Å². The number of aromatic nitrogens is 3. The van der Waals surface area contributed by atoms with Gasteiger partial charge in [0.05, 0.1) is 10.7 Å². The Kier molecular flexibility index (Phi) is 4.36. The van der Waals surface area contributed by atoms with E-state index in [0.717, 1.165) is 22.2 Å². The Morgan fingerprint density at radius 3 is 2.73 bits per heavy atom. The number of nitrogens with one attached hydrogen (secondary N) is 1. The molecule has 1 aromatic heterocycles. The molecule has 4 N–H and O–H groups in total. The molecule has 0 saturated heterocycles. The number of benzene rings is 1. The molecule has 1 aliphatic heterocycles. The Labute approximate surface area is 142 Å². The zero-order chi connectivity index (χ0) is 15.9. The van der Waals surface area contributed by atoms with Crippen molar-refractivity contribution in [3.05, 3.63) is 45.0 Å². The van der Waals surface area contributed by atoms with Crippen LogP contribution in [0.3, 0.4) is 0 Å². The summed E-state index contributed by atoms with van der Waals surface area (Å²) in [5.74, 6) is 1.18. The Balaban J connectivity index is 1.94. The van der Waals surface area contributed by atoms with Gasteiger partial charge in [0.25, 0.3) is 0 Å². The van der Waals surface area contributed by atoms with Gasteiger partial charge in [-0.05, 0) is 18.2 Å². The molecule has 0 fully saturated rings. The number of thioether (sulfide) groups is 1. The van der Waals surface area contributed by atoms with Crippen molar-refractivity contribution in [1.82, 2.24) is 14.9 Å². The molecular weight excluding hydrogens is 341 g/mol. The maximum atomic E-state index is 6.29. The Morgan fingerprint density at radius 1 is 1.27 bits per heavy atom. The molecule has 0 saturated carbocycles. The van der Waals surface area contributed by atoms with E-state index in [1.165, 1.54) is 11.8 Å². The highest BCUT2D eigenvalue weighted by Crippen LogP contribution is 2.33. The molecule has 3 rings (SSSR count). The van der Waals surface area contributed by atoms with Crippen molar-refractivity contribution in [2.24, 2.45) is 5.92 Å². The topological polar surface area (TPSA) is 70.4 Å². The molecule has 0 amide bonds. The highest BCUT2D eigenvalue weighted by Gasteiger charge is 2.26. The minimum atomic E-state index is 0.0504. The molecule has 0 aliphatic carbocycles. The molecule has 22 heavy (non-hydrogen) atoms. The van der Waals surface area contributed by atoms with Crippen molar-refractivity contribution in [3.8, 4) is 0 Å². The summed E-state index contributed by atoms with van der Waals surface area (Å²) in [6.07, 6.45) is 0. The van der Waals surface area contributed by atoms with E-state index in [1.54, 1.807) is 6.07 Å². The van der Waals surface area contributed by atoms with E-state index in [2.05, 4.69) is 35.2 Å². The highest BCUT2D eigenvalue weighted by molar-refractivity contribution is 8.02. The van der Waals surface area contributed by atoms with Crippen molar-refractivity contribution in [2.45, 2.75) is 25.0 Å². The predicted octanol–water partition coefficient (Wildman–Crippen LogP) is 3.17. The number of hydrogen-bond acceptors (Lipinski definition) is 4. The van der Waals surface area contributed by atoms with Gasteiger partial charge in [-0.15, -0.1) is 10.2 Å². The van der Waals surface area contributed by atoms with Crippen LogP contribution < -0.4 is 11.2 Å². The molecule has 8 heteroatoms. The number of nitrogens with zero attached hydrogens (tertiary/aromatic N) is 3. The first kappa shape index (κ1) is 15.7. The summed E-state index contributed by atoms with van der Waals surface area (Å²) in [5, 5.41) is 12.4. The summed E-state index contributed by atoms with van der Waals surface area (Å²) < 4.78 is 1.88. The fourth-order valence-electron chi connectivity index (χ4n) is 2.09. The third-order valence-electron chi connectivity index (χ3n) is 3.53. The van der Waals surface area contributed by atoms with E-state index >= 15 is 0 Å². The number of quaternary nitrogens is 1. The summed E-state index contributed by atoms with van der Waals surface area (Å²) >= 11 is 13.7.